The third kappa shape index (κ3) is 3.19. The van der Waals surface area contributed by atoms with E-state index < -0.39 is 0 Å². The second-order valence-electron chi connectivity index (χ2n) is 4.76. The van der Waals surface area contributed by atoms with Crippen LogP contribution in [0.4, 0.5) is 5.82 Å². The first-order chi connectivity index (χ1) is 8.60. The third-order valence-corrected chi connectivity index (χ3v) is 3.76. The van der Waals surface area contributed by atoms with Gasteiger partial charge in [-0.05, 0) is 31.2 Å². The van der Waals surface area contributed by atoms with Crippen molar-refractivity contribution >= 4 is 29.0 Å². The van der Waals surface area contributed by atoms with Gasteiger partial charge in [-0.2, -0.15) is 4.98 Å². The van der Waals surface area contributed by atoms with E-state index in [1.54, 1.807) is 6.07 Å². The van der Waals surface area contributed by atoms with Crippen LogP contribution in [0, 0.1) is 5.92 Å². The van der Waals surface area contributed by atoms with E-state index in [2.05, 4.69) is 17.3 Å². The van der Waals surface area contributed by atoms with E-state index in [-0.39, 0.29) is 6.10 Å². The molecule has 1 aliphatic rings. The molecule has 18 heavy (non-hydrogen) atoms. The summed E-state index contributed by atoms with van der Waals surface area (Å²) in [5, 5.41) is 0.795. The smallest absolute Gasteiger partial charge is 0.234 e. The fraction of sp³-hybridized carbons (Fsp3) is 0.583. The molecule has 0 spiro atoms. The number of ether oxygens (including phenoxy) is 1. The maximum absolute atomic E-state index is 6.07. The molecule has 1 heterocycles. The molecule has 6 heteroatoms. The minimum Gasteiger partial charge on any atom is -0.473 e. The summed E-state index contributed by atoms with van der Waals surface area (Å²) in [6.45, 7) is 2.24. The zero-order valence-electron chi connectivity index (χ0n) is 10.2. The Morgan fingerprint density at radius 3 is 2.83 bits per heavy atom. The first kappa shape index (κ1) is 13.7. The lowest BCUT2D eigenvalue weighted by atomic mass is 9.89. The highest BCUT2D eigenvalue weighted by Crippen LogP contribution is 2.33. The van der Waals surface area contributed by atoms with Crippen LogP contribution in [0.25, 0.3) is 0 Å². The maximum atomic E-state index is 6.07. The summed E-state index contributed by atoms with van der Waals surface area (Å²) in [5.74, 6) is 6.78. The van der Waals surface area contributed by atoms with Gasteiger partial charge in [0.25, 0.3) is 0 Å². The second-order valence-corrected chi connectivity index (χ2v) is 5.58. The molecule has 1 saturated carbocycles. The number of anilines is 1. The number of hydrazine groups is 1. The van der Waals surface area contributed by atoms with Crippen LogP contribution in [0.1, 0.15) is 32.6 Å². The minimum absolute atomic E-state index is 0.172. The lowest BCUT2D eigenvalue weighted by Gasteiger charge is -2.27. The monoisotopic (exact) mass is 289 g/mol. The van der Waals surface area contributed by atoms with Gasteiger partial charge in [0.15, 0.2) is 5.82 Å². The number of nitrogen functional groups attached to an aromatic ring is 1. The number of hydrogen-bond acceptors (Lipinski definition) is 4. The molecular weight excluding hydrogens is 273 g/mol. The van der Waals surface area contributed by atoms with Crippen molar-refractivity contribution in [2.45, 2.75) is 38.7 Å². The summed E-state index contributed by atoms with van der Waals surface area (Å²) in [4.78, 5) is 4.19. The SMILES string of the molecule is CC1CCCC(Oc2nc(NN)c(Cl)cc2Cl)C1. The van der Waals surface area contributed by atoms with Crippen molar-refractivity contribution in [2.24, 2.45) is 11.8 Å². The second kappa shape index (κ2) is 5.95. The van der Waals surface area contributed by atoms with E-state index in [0.717, 1.165) is 12.8 Å². The third-order valence-electron chi connectivity index (χ3n) is 3.20. The average molecular weight is 290 g/mol. The molecule has 1 fully saturated rings. The van der Waals surface area contributed by atoms with Gasteiger partial charge in [-0.15, -0.1) is 0 Å². The highest BCUT2D eigenvalue weighted by atomic mass is 35.5. The van der Waals surface area contributed by atoms with Crippen molar-refractivity contribution < 1.29 is 4.74 Å². The lowest BCUT2D eigenvalue weighted by Crippen LogP contribution is -2.24. The van der Waals surface area contributed by atoms with E-state index in [1.165, 1.54) is 12.8 Å². The number of pyridine rings is 1. The van der Waals surface area contributed by atoms with Crippen LogP contribution >= 0.6 is 23.2 Å². The maximum Gasteiger partial charge on any atom is 0.234 e. The molecule has 0 amide bonds. The topological polar surface area (TPSA) is 60.2 Å². The first-order valence-electron chi connectivity index (χ1n) is 6.09. The number of nitrogens with two attached hydrogens (primary N) is 1. The van der Waals surface area contributed by atoms with Crippen molar-refractivity contribution in [3.8, 4) is 5.88 Å². The highest BCUT2D eigenvalue weighted by molar-refractivity contribution is 6.36. The molecule has 1 aromatic heterocycles. The summed E-state index contributed by atoms with van der Waals surface area (Å²) in [6, 6.07) is 1.59. The fourth-order valence-electron chi connectivity index (χ4n) is 2.28. The molecule has 0 aromatic carbocycles. The van der Waals surface area contributed by atoms with Crippen molar-refractivity contribution in [3.63, 3.8) is 0 Å². The molecule has 2 atom stereocenters. The van der Waals surface area contributed by atoms with E-state index >= 15 is 0 Å². The Morgan fingerprint density at radius 2 is 2.17 bits per heavy atom. The Morgan fingerprint density at radius 1 is 1.39 bits per heavy atom. The molecule has 0 radical (unpaired) electrons. The fourth-order valence-corrected chi connectivity index (χ4v) is 2.73. The van der Waals surface area contributed by atoms with E-state index in [9.17, 15) is 0 Å². The number of nitrogens with one attached hydrogen (secondary N) is 1. The van der Waals surface area contributed by atoms with E-state index in [1.807, 2.05) is 0 Å². The van der Waals surface area contributed by atoms with Crippen LogP contribution in [-0.2, 0) is 0 Å². The molecule has 1 aliphatic carbocycles. The zero-order valence-corrected chi connectivity index (χ0v) is 11.8. The zero-order chi connectivity index (χ0) is 13.1. The van der Waals surface area contributed by atoms with Crippen LogP contribution in [-0.4, -0.2) is 11.1 Å². The van der Waals surface area contributed by atoms with Crippen LogP contribution < -0.4 is 16.0 Å². The van der Waals surface area contributed by atoms with Gasteiger partial charge in [0.2, 0.25) is 5.88 Å². The minimum atomic E-state index is 0.172. The highest BCUT2D eigenvalue weighted by Gasteiger charge is 2.22. The standard InChI is InChI=1S/C12H17Cl2N3O/c1-7-3-2-4-8(5-7)18-12-10(14)6-9(13)11(16-12)17-15/h6-8H,2-5,15H2,1H3,(H,16,17). The summed E-state index contributed by atoms with van der Waals surface area (Å²) >= 11 is 12.0. The molecule has 100 valence electrons. The van der Waals surface area contributed by atoms with Gasteiger partial charge < -0.3 is 10.2 Å². The molecule has 0 aliphatic heterocycles. The number of halogens is 2. The van der Waals surface area contributed by atoms with Gasteiger partial charge in [-0.3, -0.25) is 0 Å². The summed E-state index contributed by atoms with van der Waals surface area (Å²) < 4.78 is 5.86. The molecule has 2 unspecified atom stereocenters. The van der Waals surface area contributed by atoms with E-state index in [0.29, 0.717) is 27.7 Å². The first-order valence-corrected chi connectivity index (χ1v) is 6.85. The Kier molecular flexibility index (Phi) is 4.54. The Balaban J connectivity index is 2.13. The van der Waals surface area contributed by atoms with Crippen LogP contribution in [0.15, 0.2) is 6.07 Å². The van der Waals surface area contributed by atoms with Crippen molar-refractivity contribution in [1.82, 2.24) is 4.98 Å². The Hall–Kier alpha value is -0.710. The number of nitrogens with zero attached hydrogens (tertiary/aromatic N) is 1. The predicted molar refractivity (Wildman–Crippen MR) is 74.1 cm³/mol. The van der Waals surface area contributed by atoms with Crippen molar-refractivity contribution in [1.29, 1.82) is 0 Å². The quantitative estimate of drug-likeness (QED) is 0.659. The van der Waals surface area contributed by atoms with Gasteiger partial charge in [-0.1, -0.05) is 36.5 Å². The number of hydrogen-bond donors (Lipinski definition) is 2. The Labute approximate surface area is 117 Å². The summed E-state index contributed by atoms with van der Waals surface area (Å²) in [5.41, 5.74) is 2.43. The summed E-state index contributed by atoms with van der Waals surface area (Å²) in [6.07, 6.45) is 4.68. The average Bonchev–Trinajstić information content (AvgIpc) is 2.33. The van der Waals surface area contributed by atoms with Crippen molar-refractivity contribution in [3.05, 3.63) is 16.1 Å². The molecule has 2 rings (SSSR count). The molecule has 3 N–H and O–H groups in total. The van der Waals surface area contributed by atoms with Crippen LogP contribution in [0.5, 0.6) is 5.88 Å². The van der Waals surface area contributed by atoms with Gasteiger partial charge in [0, 0.05) is 0 Å². The van der Waals surface area contributed by atoms with Gasteiger partial charge in [-0.25, -0.2) is 5.84 Å². The van der Waals surface area contributed by atoms with Crippen LogP contribution in [0.3, 0.4) is 0 Å². The molecule has 0 bridgehead atoms. The van der Waals surface area contributed by atoms with Gasteiger partial charge in [0.1, 0.15) is 11.1 Å². The Bertz CT molecular complexity index is 428. The normalized spacial score (nSPS) is 23.8. The number of rotatable bonds is 3. The molecule has 4 nitrogen and oxygen atoms in total. The van der Waals surface area contributed by atoms with Gasteiger partial charge >= 0.3 is 0 Å². The molecule has 0 saturated heterocycles. The predicted octanol–water partition coefficient (Wildman–Crippen LogP) is 3.63. The van der Waals surface area contributed by atoms with Crippen molar-refractivity contribution in [2.75, 3.05) is 5.43 Å². The van der Waals surface area contributed by atoms with E-state index in [4.69, 9.17) is 33.8 Å². The molecule has 1 aromatic rings. The largest absolute Gasteiger partial charge is 0.473 e. The summed E-state index contributed by atoms with van der Waals surface area (Å²) in [7, 11) is 0. The van der Waals surface area contributed by atoms with Gasteiger partial charge in [0.05, 0.1) is 5.02 Å². The van der Waals surface area contributed by atoms with Crippen LogP contribution in [0.2, 0.25) is 10.0 Å². The molecular formula is C12H17Cl2N3O. The lowest BCUT2D eigenvalue weighted by molar-refractivity contribution is 0.124. The number of aromatic nitrogens is 1.